The van der Waals surface area contributed by atoms with Gasteiger partial charge in [-0.15, -0.1) is 0 Å². The molecular weight excluding hydrogens is 324 g/mol. The quantitative estimate of drug-likeness (QED) is 0.589. The van der Waals surface area contributed by atoms with E-state index in [1.165, 1.54) is 13.1 Å². The van der Waals surface area contributed by atoms with E-state index in [9.17, 15) is 4.79 Å². The van der Waals surface area contributed by atoms with E-state index < -0.39 is 0 Å². The molecule has 15 heavy (non-hydrogen) atoms. The summed E-state index contributed by atoms with van der Waals surface area (Å²) in [6.07, 6.45) is 1.53. The number of pyridine rings is 1. The fourth-order valence-corrected chi connectivity index (χ4v) is 2.20. The van der Waals surface area contributed by atoms with E-state index in [1.807, 2.05) is 18.2 Å². The van der Waals surface area contributed by atoms with Crippen LogP contribution in [0.5, 0.6) is 0 Å². The number of ketones is 1. The van der Waals surface area contributed by atoms with Crippen LogP contribution in [0.15, 0.2) is 24.4 Å². The molecule has 4 heteroatoms. The molecule has 2 rings (SSSR count). The van der Waals surface area contributed by atoms with E-state index in [0.29, 0.717) is 10.6 Å². The number of carbonyl (C=O) groups excluding carboxylic acids is 1. The Labute approximate surface area is 106 Å². The van der Waals surface area contributed by atoms with E-state index in [2.05, 4.69) is 27.6 Å². The molecule has 0 unspecified atom stereocenters. The number of nitrogens with zero attached hydrogens (tertiary/aromatic N) is 1. The number of hydrogen-bond acceptors (Lipinski definition) is 2. The Balaban J connectivity index is 2.82. The van der Waals surface area contributed by atoms with E-state index in [4.69, 9.17) is 11.6 Å². The summed E-state index contributed by atoms with van der Waals surface area (Å²) in [5, 5.41) is 1.32. The van der Waals surface area contributed by atoms with Gasteiger partial charge >= 0.3 is 0 Å². The van der Waals surface area contributed by atoms with Gasteiger partial charge in [0.15, 0.2) is 5.78 Å². The summed E-state index contributed by atoms with van der Waals surface area (Å²) in [6, 6.07) is 5.78. The second-order valence-electron chi connectivity index (χ2n) is 3.20. The molecule has 2 nitrogen and oxygen atoms in total. The first-order valence-electron chi connectivity index (χ1n) is 4.34. The van der Waals surface area contributed by atoms with Crippen LogP contribution in [-0.2, 0) is 0 Å². The van der Waals surface area contributed by atoms with Crippen LogP contribution in [0.25, 0.3) is 10.9 Å². The van der Waals surface area contributed by atoms with Gasteiger partial charge in [-0.05, 0) is 47.7 Å². The third kappa shape index (κ3) is 1.99. The van der Waals surface area contributed by atoms with Crippen LogP contribution in [-0.4, -0.2) is 10.8 Å². The fourth-order valence-electron chi connectivity index (χ4n) is 1.38. The molecule has 0 fully saturated rings. The van der Waals surface area contributed by atoms with Gasteiger partial charge in [-0.25, -0.2) is 0 Å². The Morgan fingerprint density at radius 2 is 2.20 bits per heavy atom. The number of Topliss-reactive ketones (excluding diaryl/α,β-unsaturated/α-hetero) is 1. The zero-order valence-electron chi connectivity index (χ0n) is 7.92. The zero-order chi connectivity index (χ0) is 11.0. The highest BCUT2D eigenvalue weighted by molar-refractivity contribution is 14.1. The summed E-state index contributed by atoms with van der Waals surface area (Å²) >= 11 is 8.35. The van der Waals surface area contributed by atoms with Crippen molar-refractivity contribution in [2.45, 2.75) is 6.92 Å². The lowest BCUT2D eigenvalue weighted by atomic mass is 10.1. The highest BCUT2D eigenvalue weighted by atomic mass is 127. The number of hydrogen-bond donors (Lipinski definition) is 0. The Kier molecular flexibility index (Phi) is 2.93. The normalized spacial score (nSPS) is 10.6. The van der Waals surface area contributed by atoms with Gasteiger partial charge in [0, 0.05) is 15.2 Å². The molecule has 0 saturated heterocycles. The zero-order valence-corrected chi connectivity index (χ0v) is 10.8. The first-order valence-corrected chi connectivity index (χ1v) is 5.80. The average molecular weight is 332 g/mol. The van der Waals surface area contributed by atoms with Gasteiger partial charge in [0.25, 0.3) is 0 Å². The fraction of sp³-hybridized carbons (Fsp3) is 0.0909. The molecule has 76 valence electrons. The Morgan fingerprint density at radius 1 is 1.47 bits per heavy atom. The van der Waals surface area contributed by atoms with Crippen molar-refractivity contribution >= 4 is 50.9 Å². The second kappa shape index (κ2) is 4.06. The Bertz CT molecular complexity index is 554. The SMILES string of the molecule is CC(=O)c1cnc2ccc(I)cc2c1Cl. The minimum atomic E-state index is -0.0618. The maximum atomic E-state index is 11.3. The van der Waals surface area contributed by atoms with Gasteiger partial charge < -0.3 is 0 Å². The lowest BCUT2D eigenvalue weighted by Crippen LogP contribution is -1.95. The number of aromatic nitrogens is 1. The summed E-state index contributed by atoms with van der Waals surface area (Å²) in [5.74, 6) is -0.0618. The number of carbonyl (C=O) groups is 1. The molecule has 1 aromatic carbocycles. The number of benzene rings is 1. The van der Waals surface area contributed by atoms with Crippen molar-refractivity contribution in [3.8, 4) is 0 Å². The molecule has 2 aromatic rings. The van der Waals surface area contributed by atoms with Gasteiger partial charge in [-0.3, -0.25) is 9.78 Å². The maximum absolute atomic E-state index is 11.3. The number of fused-ring (bicyclic) bond motifs is 1. The molecule has 0 spiro atoms. The first-order chi connectivity index (χ1) is 7.09. The van der Waals surface area contributed by atoms with Crippen LogP contribution in [0.2, 0.25) is 5.02 Å². The summed E-state index contributed by atoms with van der Waals surface area (Å²) < 4.78 is 1.07. The average Bonchev–Trinajstić information content (AvgIpc) is 2.19. The van der Waals surface area contributed by atoms with E-state index in [1.54, 1.807) is 0 Å². The smallest absolute Gasteiger partial charge is 0.162 e. The predicted octanol–water partition coefficient (Wildman–Crippen LogP) is 3.70. The van der Waals surface area contributed by atoms with Crippen molar-refractivity contribution in [3.05, 3.63) is 38.6 Å². The van der Waals surface area contributed by atoms with E-state index >= 15 is 0 Å². The predicted molar refractivity (Wildman–Crippen MR) is 69.5 cm³/mol. The van der Waals surface area contributed by atoms with Crippen LogP contribution in [0.3, 0.4) is 0 Å². The summed E-state index contributed by atoms with van der Waals surface area (Å²) in [6.45, 7) is 1.49. The van der Waals surface area contributed by atoms with Crippen molar-refractivity contribution in [2.24, 2.45) is 0 Å². The van der Waals surface area contributed by atoms with Gasteiger partial charge in [-0.1, -0.05) is 11.6 Å². The third-order valence-corrected chi connectivity index (χ3v) is 3.22. The molecule has 0 aliphatic heterocycles. The lowest BCUT2D eigenvalue weighted by molar-refractivity contribution is 0.101. The Morgan fingerprint density at radius 3 is 2.87 bits per heavy atom. The molecule has 0 radical (unpaired) electrons. The topological polar surface area (TPSA) is 30.0 Å². The van der Waals surface area contributed by atoms with Gasteiger partial charge in [0.1, 0.15) is 0 Å². The molecular formula is C11H7ClINO. The van der Waals surface area contributed by atoms with Crippen molar-refractivity contribution < 1.29 is 4.79 Å². The van der Waals surface area contributed by atoms with Crippen LogP contribution < -0.4 is 0 Å². The molecule has 0 aliphatic carbocycles. The van der Waals surface area contributed by atoms with E-state index in [-0.39, 0.29) is 5.78 Å². The van der Waals surface area contributed by atoms with Gasteiger partial charge in [0.2, 0.25) is 0 Å². The van der Waals surface area contributed by atoms with Gasteiger partial charge in [0.05, 0.1) is 16.1 Å². The molecule has 1 aromatic heterocycles. The highest BCUT2D eigenvalue weighted by Gasteiger charge is 2.10. The van der Waals surface area contributed by atoms with Crippen molar-refractivity contribution in [1.82, 2.24) is 4.98 Å². The summed E-state index contributed by atoms with van der Waals surface area (Å²) in [5.41, 5.74) is 1.29. The van der Waals surface area contributed by atoms with Crippen LogP contribution in [0.4, 0.5) is 0 Å². The highest BCUT2D eigenvalue weighted by Crippen LogP contribution is 2.27. The monoisotopic (exact) mass is 331 g/mol. The van der Waals surface area contributed by atoms with Crippen LogP contribution in [0, 0.1) is 3.57 Å². The van der Waals surface area contributed by atoms with Gasteiger partial charge in [-0.2, -0.15) is 0 Å². The Hall–Kier alpha value is -0.680. The summed E-state index contributed by atoms with van der Waals surface area (Å²) in [4.78, 5) is 15.5. The molecule has 0 amide bonds. The molecule has 1 heterocycles. The molecule has 0 bridgehead atoms. The van der Waals surface area contributed by atoms with Crippen LogP contribution >= 0.6 is 34.2 Å². The third-order valence-electron chi connectivity index (χ3n) is 2.14. The van der Waals surface area contributed by atoms with Crippen molar-refractivity contribution in [2.75, 3.05) is 0 Å². The molecule has 0 atom stereocenters. The second-order valence-corrected chi connectivity index (χ2v) is 4.83. The largest absolute Gasteiger partial charge is 0.294 e. The minimum absolute atomic E-state index is 0.0618. The number of rotatable bonds is 1. The lowest BCUT2D eigenvalue weighted by Gasteiger charge is -2.04. The first kappa shape index (κ1) is 10.8. The van der Waals surface area contributed by atoms with Crippen LogP contribution in [0.1, 0.15) is 17.3 Å². The number of halogens is 2. The molecule has 0 N–H and O–H groups in total. The minimum Gasteiger partial charge on any atom is -0.294 e. The van der Waals surface area contributed by atoms with Crippen molar-refractivity contribution in [1.29, 1.82) is 0 Å². The summed E-state index contributed by atoms with van der Waals surface area (Å²) in [7, 11) is 0. The van der Waals surface area contributed by atoms with E-state index in [0.717, 1.165) is 14.5 Å². The molecule has 0 aliphatic rings. The maximum Gasteiger partial charge on any atom is 0.162 e. The standard InChI is InChI=1S/C11H7ClINO/c1-6(15)9-5-14-10-3-2-7(13)4-8(10)11(9)12/h2-5H,1H3. The van der Waals surface area contributed by atoms with Crippen molar-refractivity contribution in [3.63, 3.8) is 0 Å². The molecule has 0 saturated carbocycles.